The highest BCUT2D eigenvalue weighted by Gasteiger charge is 2.32. The molecule has 6 heteroatoms. The number of pyridine rings is 1. The highest BCUT2D eigenvalue weighted by atomic mass is 16.5. The molecule has 2 atom stereocenters. The lowest BCUT2D eigenvalue weighted by atomic mass is 9.93. The first-order valence-corrected chi connectivity index (χ1v) is 9.17. The van der Waals surface area contributed by atoms with Crippen LogP contribution in [0.2, 0.25) is 0 Å². The van der Waals surface area contributed by atoms with Crippen LogP contribution in [0, 0.1) is 5.92 Å². The molecule has 0 spiro atoms. The Balaban J connectivity index is 1.55. The van der Waals surface area contributed by atoms with Crippen molar-refractivity contribution in [3.8, 4) is 5.75 Å². The van der Waals surface area contributed by atoms with Crippen LogP contribution in [0.25, 0.3) is 0 Å². The van der Waals surface area contributed by atoms with Crippen LogP contribution >= 0.6 is 0 Å². The Labute approximate surface area is 158 Å². The predicted octanol–water partition coefficient (Wildman–Crippen LogP) is 2.91. The molecular weight excluding hydrogens is 344 g/mol. The lowest BCUT2D eigenvalue weighted by Crippen LogP contribution is -2.47. The number of carboxylic acids is 1. The molecule has 2 unspecified atom stereocenters. The Kier molecular flexibility index (Phi) is 6.06. The minimum atomic E-state index is -0.825. The number of ether oxygens (including phenoxy) is 1. The summed E-state index contributed by atoms with van der Waals surface area (Å²) in [5.74, 6) is -0.605. The fraction of sp³-hybridized carbons (Fsp3) is 0.381. The van der Waals surface area contributed by atoms with E-state index in [2.05, 4.69) is 4.98 Å². The number of benzene rings is 1. The van der Waals surface area contributed by atoms with Gasteiger partial charge in [-0.2, -0.15) is 0 Å². The van der Waals surface area contributed by atoms with Gasteiger partial charge in [-0.25, -0.2) is 0 Å². The lowest BCUT2D eigenvalue weighted by Gasteiger charge is -2.36. The van der Waals surface area contributed by atoms with Crippen LogP contribution in [0.4, 0.5) is 0 Å². The second-order valence-corrected chi connectivity index (χ2v) is 6.94. The van der Waals surface area contributed by atoms with E-state index in [4.69, 9.17) is 4.74 Å². The van der Waals surface area contributed by atoms with Crippen molar-refractivity contribution in [3.05, 3.63) is 59.9 Å². The maximum absolute atomic E-state index is 12.6. The molecule has 0 aliphatic carbocycles. The van der Waals surface area contributed by atoms with Crippen molar-refractivity contribution in [1.82, 2.24) is 9.88 Å². The fourth-order valence-electron chi connectivity index (χ4n) is 3.28. The van der Waals surface area contributed by atoms with E-state index in [-0.39, 0.29) is 18.4 Å². The maximum atomic E-state index is 12.6. The van der Waals surface area contributed by atoms with Crippen molar-refractivity contribution in [2.75, 3.05) is 6.54 Å². The molecule has 1 aromatic heterocycles. The summed E-state index contributed by atoms with van der Waals surface area (Å²) >= 11 is 0. The first-order chi connectivity index (χ1) is 13.0. The van der Waals surface area contributed by atoms with E-state index in [1.165, 1.54) is 0 Å². The summed E-state index contributed by atoms with van der Waals surface area (Å²) in [5, 5.41) is 9.22. The molecule has 1 saturated heterocycles. The van der Waals surface area contributed by atoms with Gasteiger partial charge in [-0.05, 0) is 49.6 Å². The molecule has 27 heavy (non-hydrogen) atoms. The molecule has 0 bridgehead atoms. The number of hydrogen-bond acceptors (Lipinski definition) is 4. The zero-order chi connectivity index (χ0) is 19.2. The molecule has 1 aliphatic heterocycles. The van der Waals surface area contributed by atoms with E-state index in [9.17, 15) is 14.7 Å². The molecule has 2 aromatic rings. The average Bonchev–Trinajstić information content (AvgIpc) is 2.68. The van der Waals surface area contributed by atoms with E-state index in [0.717, 1.165) is 17.7 Å². The lowest BCUT2D eigenvalue weighted by molar-refractivity contribution is -0.147. The first-order valence-electron chi connectivity index (χ1n) is 9.17. The molecule has 6 nitrogen and oxygen atoms in total. The van der Waals surface area contributed by atoms with E-state index >= 15 is 0 Å². The third-order valence-electron chi connectivity index (χ3n) is 4.94. The second-order valence-electron chi connectivity index (χ2n) is 6.94. The van der Waals surface area contributed by atoms with Crippen LogP contribution < -0.4 is 4.74 Å². The van der Waals surface area contributed by atoms with Crippen molar-refractivity contribution >= 4 is 11.9 Å². The zero-order valence-corrected chi connectivity index (χ0v) is 15.4. The number of carboxylic acid groups (broad SMARTS) is 1. The number of likely N-dealkylation sites (tertiary alicyclic amines) is 1. The zero-order valence-electron chi connectivity index (χ0n) is 15.4. The van der Waals surface area contributed by atoms with Crippen molar-refractivity contribution in [1.29, 1.82) is 0 Å². The topological polar surface area (TPSA) is 79.7 Å². The van der Waals surface area contributed by atoms with Gasteiger partial charge in [0.1, 0.15) is 12.4 Å². The SMILES string of the molecule is CC1CCC(C(=O)O)CN1C(=O)Cc1ccc(OCc2ccccn2)cc1. The van der Waals surface area contributed by atoms with Gasteiger partial charge in [0, 0.05) is 18.8 Å². The molecule has 1 fully saturated rings. The average molecular weight is 368 g/mol. The summed E-state index contributed by atoms with van der Waals surface area (Å²) in [7, 11) is 0. The minimum Gasteiger partial charge on any atom is -0.487 e. The van der Waals surface area contributed by atoms with Gasteiger partial charge in [0.15, 0.2) is 0 Å². The Morgan fingerprint density at radius 3 is 2.63 bits per heavy atom. The standard InChI is InChI=1S/C21H24N2O4/c1-15-5-8-17(21(25)26)13-23(15)20(24)12-16-6-9-19(10-7-16)27-14-18-4-2-3-11-22-18/h2-4,6-7,9-11,15,17H,5,8,12-14H2,1H3,(H,25,26). The predicted molar refractivity (Wildman–Crippen MR) is 100 cm³/mol. The Bertz CT molecular complexity index is 777. The first kappa shape index (κ1) is 18.9. The summed E-state index contributed by atoms with van der Waals surface area (Å²) < 4.78 is 5.70. The van der Waals surface area contributed by atoms with Crippen LogP contribution in [0.15, 0.2) is 48.7 Å². The number of rotatable bonds is 6. The summed E-state index contributed by atoms with van der Waals surface area (Å²) in [5.41, 5.74) is 1.73. The van der Waals surface area contributed by atoms with Crippen molar-refractivity contribution in [3.63, 3.8) is 0 Å². The van der Waals surface area contributed by atoms with Gasteiger partial charge in [-0.3, -0.25) is 14.6 Å². The van der Waals surface area contributed by atoms with Gasteiger partial charge in [-0.1, -0.05) is 18.2 Å². The van der Waals surface area contributed by atoms with Crippen molar-refractivity contribution in [2.45, 2.75) is 38.8 Å². The van der Waals surface area contributed by atoms with Crippen molar-refractivity contribution in [2.24, 2.45) is 5.92 Å². The van der Waals surface area contributed by atoms with E-state index in [1.807, 2.05) is 49.4 Å². The fourth-order valence-corrected chi connectivity index (χ4v) is 3.28. The quantitative estimate of drug-likeness (QED) is 0.848. The van der Waals surface area contributed by atoms with Crippen LogP contribution in [0.3, 0.4) is 0 Å². The summed E-state index contributed by atoms with van der Waals surface area (Å²) in [6, 6.07) is 13.2. The Hall–Kier alpha value is -2.89. The number of aromatic nitrogens is 1. The number of piperidine rings is 1. The minimum absolute atomic E-state index is 0.0318. The van der Waals surface area contributed by atoms with Crippen LogP contribution in [0.1, 0.15) is 31.0 Å². The Morgan fingerprint density at radius 2 is 1.96 bits per heavy atom. The highest BCUT2D eigenvalue weighted by molar-refractivity contribution is 5.80. The summed E-state index contributed by atoms with van der Waals surface area (Å²) in [6.07, 6.45) is 3.34. The van der Waals surface area contributed by atoms with E-state index in [1.54, 1.807) is 11.1 Å². The number of hydrogen-bond donors (Lipinski definition) is 1. The second kappa shape index (κ2) is 8.66. The van der Waals surface area contributed by atoms with Gasteiger partial charge >= 0.3 is 5.97 Å². The number of carbonyl (C=O) groups excluding carboxylic acids is 1. The van der Waals surface area contributed by atoms with Gasteiger partial charge in [-0.15, -0.1) is 0 Å². The van der Waals surface area contributed by atoms with Gasteiger partial charge < -0.3 is 14.7 Å². The van der Waals surface area contributed by atoms with Gasteiger partial charge in [0.05, 0.1) is 18.0 Å². The van der Waals surface area contributed by atoms with Crippen LogP contribution in [0.5, 0.6) is 5.75 Å². The summed E-state index contributed by atoms with van der Waals surface area (Å²) in [4.78, 5) is 29.8. The molecule has 0 saturated carbocycles. The summed E-state index contributed by atoms with van der Waals surface area (Å²) in [6.45, 7) is 2.66. The number of nitrogens with zero attached hydrogens (tertiary/aromatic N) is 2. The van der Waals surface area contributed by atoms with Gasteiger partial charge in [0.2, 0.25) is 5.91 Å². The number of amides is 1. The van der Waals surface area contributed by atoms with Crippen LogP contribution in [-0.4, -0.2) is 39.5 Å². The largest absolute Gasteiger partial charge is 0.487 e. The molecule has 1 amide bonds. The van der Waals surface area contributed by atoms with E-state index in [0.29, 0.717) is 25.3 Å². The monoisotopic (exact) mass is 368 g/mol. The molecule has 1 N–H and O–H groups in total. The molecule has 1 aromatic carbocycles. The molecular formula is C21H24N2O4. The van der Waals surface area contributed by atoms with Crippen LogP contribution in [-0.2, 0) is 22.6 Å². The van der Waals surface area contributed by atoms with E-state index < -0.39 is 11.9 Å². The van der Waals surface area contributed by atoms with Gasteiger partial charge in [0.25, 0.3) is 0 Å². The highest BCUT2D eigenvalue weighted by Crippen LogP contribution is 2.23. The Morgan fingerprint density at radius 1 is 1.19 bits per heavy atom. The smallest absolute Gasteiger partial charge is 0.308 e. The third kappa shape index (κ3) is 5.06. The molecule has 2 heterocycles. The molecule has 1 aliphatic rings. The number of aliphatic carboxylic acids is 1. The molecule has 3 rings (SSSR count). The number of carbonyl (C=O) groups is 2. The molecule has 142 valence electrons. The van der Waals surface area contributed by atoms with Crippen molar-refractivity contribution < 1.29 is 19.4 Å². The normalized spacial score (nSPS) is 19.5. The maximum Gasteiger partial charge on any atom is 0.308 e. The third-order valence-corrected chi connectivity index (χ3v) is 4.94. The molecule has 0 radical (unpaired) electrons.